The van der Waals surface area contributed by atoms with Crippen molar-refractivity contribution in [2.75, 3.05) is 22.5 Å². The zero-order chi connectivity index (χ0) is 31.3. The van der Waals surface area contributed by atoms with Gasteiger partial charge < -0.3 is 21.3 Å². The van der Waals surface area contributed by atoms with Crippen LogP contribution in [0.5, 0.6) is 0 Å². The van der Waals surface area contributed by atoms with Crippen LogP contribution < -0.4 is 21.3 Å². The monoisotopic (exact) mass is 681 g/mol. The second-order valence-electron chi connectivity index (χ2n) is 11.0. The van der Waals surface area contributed by atoms with Gasteiger partial charge in [-0.25, -0.2) is 15.0 Å². The summed E-state index contributed by atoms with van der Waals surface area (Å²) in [4.78, 5) is 41.3. The third kappa shape index (κ3) is 7.50. The minimum Gasteiger partial charge on any atom is -0.339 e. The number of fused-ring (bicyclic) bond motifs is 1. The summed E-state index contributed by atoms with van der Waals surface area (Å²) < 4.78 is 0.932. The molecular weight excluding hydrogens is 650 g/mol. The Hall–Kier alpha value is -4.32. The normalized spacial score (nSPS) is 14.4. The Kier molecular flexibility index (Phi) is 9.39. The number of halogens is 1. The average Bonchev–Trinajstić information content (AvgIpc) is 3.59. The number of hydrogen-bond acceptors (Lipinski definition) is 8. The van der Waals surface area contributed by atoms with Crippen LogP contribution in [-0.2, 0) is 4.79 Å². The van der Waals surface area contributed by atoms with Gasteiger partial charge in [-0.15, -0.1) is 0 Å². The molecule has 1 fully saturated rings. The molecule has 1 aliphatic rings. The summed E-state index contributed by atoms with van der Waals surface area (Å²) in [5.74, 6) is 0.616. The van der Waals surface area contributed by atoms with Crippen molar-refractivity contribution in [3.63, 3.8) is 0 Å². The average molecular weight is 683 g/mol. The van der Waals surface area contributed by atoms with Crippen LogP contribution in [0.3, 0.4) is 0 Å². The molecule has 0 spiro atoms. The highest BCUT2D eigenvalue weighted by atomic mass is 79.9. The van der Waals surface area contributed by atoms with Crippen molar-refractivity contribution in [3.8, 4) is 0 Å². The van der Waals surface area contributed by atoms with E-state index in [4.69, 9.17) is 4.98 Å². The van der Waals surface area contributed by atoms with Crippen LogP contribution in [0, 0.1) is 0 Å². The lowest BCUT2D eigenvalue weighted by atomic mass is 10.1. The predicted octanol–water partition coefficient (Wildman–Crippen LogP) is 7.75. The fourth-order valence-electron chi connectivity index (χ4n) is 4.97. The summed E-state index contributed by atoms with van der Waals surface area (Å²) in [6.07, 6.45) is 3.35. The van der Waals surface area contributed by atoms with Gasteiger partial charge in [-0.05, 0) is 104 Å². The molecule has 11 heteroatoms. The highest BCUT2D eigenvalue weighted by Crippen LogP contribution is 2.37. The molecule has 0 bridgehead atoms. The van der Waals surface area contributed by atoms with E-state index in [1.165, 1.54) is 6.33 Å². The quantitative estimate of drug-likeness (QED) is 0.125. The first-order chi connectivity index (χ1) is 21.8. The van der Waals surface area contributed by atoms with Crippen molar-refractivity contribution in [2.45, 2.75) is 48.4 Å². The van der Waals surface area contributed by atoms with Crippen molar-refractivity contribution in [3.05, 3.63) is 101 Å². The Morgan fingerprint density at radius 2 is 1.69 bits per heavy atom. The molecule has 1 unspecified atom stereocenters. The highest BCUT2D eigenvalue weighted by Gasteiger charge is 2.22. The number of aromatic nitrogens is 3. The van der Waals surface area contributed by atoms with Crippen LogP contribution >= 0.6 is 27.7 Å². The lowest BCUT2D eigenvalue weighted by Gasteiger charge is -2.15. The molecule has 0 aliphatic carbocycles. The van der Waals surface area contributed by atoms with Crippen molar-refractivity contribution in [2.24, 2.45) is 0 Å². The number of hydrogen-bond donors (Lipinski definition) is 4. The lowest BCUT2D eigenvalue weighted by Crippen LogP contribution is -2.35. The minimum absolute atomic E-state index is 0.0107. The van der Waals surface area contributed by atoms with Gasteiger partial charge in [-0.2, -0.15) is 0 Å². The summed E-state index contributed by atoms with van der Waals surface area (Å²) in [5.41, 5.74) is 4.19. The standard InChI is InChI=1S/C34H32BrN7O2S/c1-20(2)27-15-14-26-31(41-27)37-19-38-32(26)42-29-18-21(33(43)39-23-8-6-22(35)7-9-23)5-16-30(29)45-25-12-10-24(11-13-25)40-34(44)28-4-3-17-36-28/h5-16,18-20,28,36H,3-4,17H2,1-2H3,(H,39,43)(H,40,44)(H,37,38,41,42). The molecule has 2 aromatic heterocycles. The largest absolute Gasteiger partial charge is 0.339 e. The lowest BCUT2D eigenvalue weighted by molar-refractivity contribution is -0.117. The van der Waals surface area contributed by atoms with Gasteiger partial charge in [-0.1, -0.05) is 41.5 Å². The van der Waals surface area contributed by atoms with Crippen molar-refractivity contribution in [1.29, 1.82) is 0 Å². The molecule has 5 aromatic rings. The van der Waals surface area contributed by atoms with E-state index >= 15 is 0 Å². The van der Waals surface area contributed by atoms with E-state index in [1.54, 1.807) is 17.8 Å². The maximum atomic E-state index is 13.3. The van der Waals surface area contributed by atoms with Crippen molar-refractivity contribution in [1.82, 2.24) is 20.3 Å². The fraction of sp³-hybridized carbons (Fsp3) is 0.206. The summed E-state index contributed by atoms with van der Waals surface area (Å²) >= 11 is 4.97. The molecule has 0 radical (unpaired) electrons. The maximum Gasteiger partial charge on any atom is 0.255 e. The van der Waals surface area contributed by atoms with Gasteiger partial charge in [0.2, 0.25) is 5.91 Å². The van der Waals surface area contributed by atoms with Gasteiger partial charge in [0, 0.05) is 36.9 Å². The van der Waals surface area contributed by atoms with Crippen LogP contribution in [0.25, 0.3) is 11.0 Å². The van der Waals surface area contributed by atoms with Crippen LogP contribution in [0.2, 0.25) is 0 Å². The second kappa shape index (κ2) is 13.8. The van der Waals surface area contributed by atoms with Crippen LogP contribution in [0.4, 0.5) is 22.9 Å². The van der Waals surface area contributed by atoms with E-state index in [2.05, 4.69) is 61.0 Å². The smallest absolute Gasteiger partial charge is 0.255 e. The van der Waals surface area contributed by atoms with Crippen molar-refractivity contribution < 1.29 is 9.59 Å². The Labute approximate surface area is 274 Å². The zero-order valence-electron chi connectivity index (χ0n) is 24.8. The third-order valence-corrected chi connectivity index (χ3v) is 9.05. The van der Waals surface area contributed by atoms with E-state index in [1.807, 2.05) is 72.8 Å². The summed E-state index contributed by atoms with van der Waals surface area (Å²) in [6.45, 7) is 5.06. The van der Waals surface area contributed by atoms with E-state index in [9.17, 15) is 9.59 Å². The molecule has 6 rings (SSSR count). The number of carbonyl (C=O) groups is 2. The van der Waals surface area contributed by atoms with Gasteiger partial charge in [0.15, 0.2) is 5.65 Å². The number of benzene rings is 3. The topological polar surface area (TPSA) is 121 Å². The minimum atomic E-state index is -0.232. The number of anilines is 4. The van der Waals surface area contributed by atoms with E-state index in [-0.39, 0.29) is 23.8 Å². The third-order valence-electron chi connectivity index (χ3n) is 7.43. The fourth-order valence-corrected chi connectivity index (χ4v) is 6.12. The van der Waals surface area contributed by atoms with Crippen LogP contribution in [-0.4, -0.2) is 39.4 Å². The number of pyridine rings is 1. The molecule has 0 saturated carbocycles. The molecule has 1 saturated heterocycles. The molecule has 1 aliphatic heterocycles. The van der Waals surface area contributed by atoms with Gasteiger partial charge in [0.05, 0.1) is 17.1 Å². The highest BCUT2D eigenvalue weighted by molar-refractivity contribution is 9.10. The molecule has 3 heterocycles. The zero-order valence-corrected chi connectivity index (χ0v) is 27.2. The summed E-state index contributed by atoms with van der Waals surface area (Å²) in [6, 6.07) is 24.6. The first-order valence-corrected chi connectivity index (χ1v) is 16.3. The Morgan fingerprint density at radius 3 is 2.42 bits per heavy atom. The molecular formula is C34H32BrN7O2S. The van der Waals surface area contributed by atoms with Gasteiger partial charge >= 0.3 is 0 Å². The molecule has 1 atom stereocenters. The SMILES string of the molecule is CC(C)c1ccc2c(Nc3cc(C(=O)Nc4ccc(Br)cc4)ccc3Sc3ccc(NC(=O)C4CCCN4)cc3)ncnc2n1. The van der Waals surface area contributed by atoms with Crippen LogP contribution in [0.15, 0.2) is 99.5 Å². The number of carbonyl (C=O) groups excluding carboxylic acids is 2. The van der Waals surface area contributed by atoms with Crippen LogP contribution in [0.1, 0.15) is 48.7 Å². The van der Waals surface area contributed by atoms with Gasteiger partial charge in [0.1, 0.15) is 12.1 Å². The maximum absolute atomic E-state index is 13.3. The predicted molar refractivity (Wildman–Crippen MR) is 183 cm³/mol. The molecule has 3 aromatic carbocycles. The molecule has 9 nitrogen and oxygen atoms in total. The van der Waals surface area contributed by atoms with E-state index in [0.29, 0.717) is 28.4 Å². The summed E-state index contributed by atoms with van der Waals surface area (Å²) in [5, 5.41) is 13.4. The first-order valence-electron chi connectivity index (χ1n) is 14.7. The molecule has 45 heavy (non-hydrogen) atoms. The van der Waals surface area contributed by atoms with Gasteiger partial charge in [0.25, 0.3) is 5.91 Å². The number of rotatable bonds is 9. The Bertz CT molecular complexity index is 1840. The van der Waals surface area contributed by atoms with Crippen molar-refractivity contribution >= 4 is 73.4 Å². The Balaban J connectivity index is 1.28. The molecule has 4 N–H and O–H groups in total. The first kappa shape index (κ1) is 30.7. The molecule has 228 valence electrons. The number of amides is 2. The molecule has 2 amide bonds. The number of nitrogens with one attached hydrogen (secondary N) is 4. The Morgan fingerprint density at radius 1 is 0.933 bits per heavy atom. The number of nitrogens with zero attached hydrogens (tertiary/aromatic N) is 3. The van der Waals surface area contributed by atoms with E-state index < -0.39 is 0 Å². The van der Waals surface area contributed by atoms with E-state index in [0.717, 1.165) is 50.4 Å². The second-order valence-corrected chi connectivity index (χ2v) is 13.1. The van der Waals surface area contributed by atoms with Gasteiger partial charge in [-0.3, -0.25) is 9.59 Å². The summed E-state index contributed by atoms with van der Waals surface area (Å²) in [7, 11) is 0.